The molecule has 1 saturated heterocycles. The van der Waals surface area contributed by atoms with E-state index in [0.717, 1.165) is 33.3 Å². The van der Waals surface area contributed by atoms with Crippen LogP contribution in [0.15, 0.2) is 48.5 Å². The second kappa shape index (κ2) is 9.01. The number of aryl methyl sites for hydroxylation is 1. The van der Waals surface area contributed by atoms with Gasteiger partial charge >= 0.3 is 0 Å². The predicted octanol–water partition coefficient (Wildman–Crippen LogP) is 4.37. The summed E-state index contributed by atoms with van der Waals surface area (Å²) < 4.78 is 5.40. The van der Waals surface area contributed by atoms with Crippen molar-refractivity contribution in [1.82, 2.24) is 9.80 Å². The van der Waals surface area contributed by atoms with Crippen molar-refractivity contribution >= 4 is 34.0 Å². The minimum absolute atomic E-state index is 0.0293. The Kier molecular flexibility index (Phi) is 6.15. The van der Waals surface area contributed by atoms with Crippen LogP contribution in [-0.4, -0.2) is 62.0 Å². The SMILES string of the molecule is Cc1c(Nc2ccc(C(=O)N3CCOCC3)c3c(C)cccc23)cccc1C(=O)N(C)C. The molecule has 6 heteroatoms. The lowest BCUT2D eigenvalue weighted by molar-refractivity contribution is 0.0304. The summed E-state index contributed by atoms with van der Waals surface area (Å²) >= 11 is 0. The maximum atomic E-state index is 13.3. The standard InChI is InChI=1S/C26H29N3O3/c1-17-7-5-9-20-23(27-22-10-6-8-19(18(22)2)25(30)28(3)4)12-11-21(24(17)20)26(31)29-13-15-32-16-14-29/h5-12,27H,13-16H2,1-4H3. The van der Waals surface area contributed by atoms with Crippen LogP contribution >= 0.6 is 0 Å². The molecule has 2 amide bonds. The van der Waals surface area contributed by atoms with E-state index in [1.54, 1.807) is 19.0 Å². The van der Waals surface area contributed by atoms with Gasteiger partial charge in [0.1, 0.15) is 0 Å². The van der Waals surface area contributed by atoms with Gasteiger partial charge in [-0.2, -0.15) is 0 Å². The van der Waals surface area contributed by atoms with Gasteiger partial charge in [-0.25, -0.2) is 0 Å². The molecule has 0 aliphatic carbocycles. The Morgan fingerprint density at radius 2 is 1.62 bits per heavy atom. The highest BCUT2D eigenvalue weighted by molar-refractivity contribution is 6.12. The van der Waals surface area contributed by atoms with Gasteiger partial charge in [0.05, 0.1) is 13.2 Å². The molecule has 1 aliphatic heterocycles. The number of nitrogens with zero attached hydrogens (tertiary/aromatic N) is 2. The number of anilines is 2. The second-order valence-electron chi connectivity index (χ2n) is 8.37. The highest BCUT2D eigenvalue weighted by Gasteiger charge is 2.22. The number of nitrogens with one attached hydrogen (secondary N) is 1. The van der Waals surface area contributed by atoms with Crippen LogP contribution in [0, 0.1) is 13.8 Å². The van der Waals surface area contributed by atoms with Gasteiger partial charge in [0, 0.05) is 55.1 Å². The van der Waals surface area contributed by atoms with Crippen LogP contribution in [-0.2, 0) is 4.74 Å². The molecule has 1 N–H and O–H groups in total. The lowest BCUT2D eigenvalue weighted by atomic mass is 9.97. The molecule has 0 unspecified atom stereocenters. The number of amides is 2. The molecule has 0 spiro atoms. The Morgan fingerprint density at radius 1 is 0.906 bits per heavy atom. The molecule has 0 saturated carbocycles. The van der Waals surface area contributed by atoms with E-state index in [9.17, 15) is 9.59 Å². The fourth-order valence-corrected chi connectivity index (χ4v) is 4.20. The number of fused-ring (bicyclic) bond motifs is 1. The third-order valence-corrected chi connectivity index (χ3v) is 6.02. The third-order valence-electron chi connectivity index (χ3n) is 6.02. The zero-order chi connectivity index (χ0) is 22.8. The van der Waals surface area contributed by atoms with Crippen LogP contribution in [0.3, 0.4) is 0 Å². The molecule has 4 rings (SSSR count). The first-order chi connectivity index (χ1) is 15.4. The van der Waals surface area contributed by atoms with Crippen LogP contribution in [0.2, 0.25) is 0 Å². The summed E-state index contributed by atoms with van der Waals surface area (Å²) in [6, 6.07) is 15.6. The van der Waals surface area contributed by atoms with Crippen molar-refractivity contribution in [1.29, 1.82) is 0 Å². The topological polar surface area (TPSA) is 61.9 Å². The third kappa shape index (κ3) is 4.06. The van der Waals surface area contributed by atoms with Crippen LogP contribution in [0.4, 0.5) is 11.4 Å². The number of rotatable bonds is 4. The van der Waals surface area contributed by atoms with Crippen molar-refractivity contribution in [3.05, 3.63) is 70.8 Å². The van der Waals surface area contributed by atoms with Gasteiger partial charge in [0.15, 0.2) is 0 Å². The molecular formula is C26H29N3O3. The van der Waals surface area contributed by atoms with Crippen molar-refractivity contribution in [3.8, 4) is 0 Å². The largest absolute Gasteiger partial charge is 0.378 e. The van der Waals surface area contributed by atoms with Crippen LogP contribution in [0.5, 0.6) is 0 Å². The molecule has 1 heterocycles. The molecule has 1 aliphatic rings. The monoisotopic (exact) mass is 431 g/mol. The number of carbonyl (C=O) groups is 2. The van der Waals surface area contributed by atoms with Gasteiger partial charge in [-0.15, -0.1) is 0 Å². The molecule has 3 aromatic carbocycles. The Labute approximate surface area is 188 Å². The number of ether oxygens (including phenoxy) is 1. The molecule has 32 heavy (non-hydrogen) atoms. The van der Waals surface area contributed by atoms with Gasteiger partial charge in [0.2, 0.25) is 0 Å². The number of hydrogen-bond donors (Lipinski definition) is 1. The molecule has 166 valence electrons. The normalized spacial score (nSPS) is 13.8. The Balaban J connectivity index is 1.76. The maximum absolute atomic E-state index is 13.3. The highest BCUT2D eigenvalue weighted by atomic mass is 16.5. The van der Waals surface area contributed by atoms with Gasteiger partial charge in [0.25, 0.3) is 11.8 Å². The van der Waals surface area contributed by atoms with Crippen molar-refractivity contribution in [3.63, 3.8) is 0 Å². The predicted molar refractivity (Wildman–Crippen MR) is 128 cm³/mol. The van der Waals surface area contributed by atoms with Crippen LogP contribution in [0.25, 0.3) is 10.8 Å². The van der Waals surface area contributed by atoms with E-state index in [0.29, 0.717) is 37.4 Å². The molecule has 0 radical (unpaired) electrons. The van der Waals surface area contributed by atoms with Crippen molar-refractivity contribution in [2.45, 2.75) is 13.8 Å². The summed E-state index contributed by atoms with van der Waals surface area (Å²) in [6.45, 7) is 6.34. The maximum Gasteiger partial charge on any atom is 0.254 e. The summed E-state index contributed by atoms with van der Waals surface area (Å²) in [6.07, 6.45) is 0. The fraction of sp³-hybridized carbons (Fsp3) is 0.308. The second-order valence-corrected chi connectivity index (χ2v) is 8.37. The first-order valence-electron chi connectivity index (χ1n) is 10.9. The minimum atomic E-state index is -0.0293. The van der Waals surface area contributed by atoms with E-state index >= 15 is 0 Å². The van der Waals surface area contributed by atoms with Crippen LogP contribution < -0.4 is 5.32 Å². The zero-order valence-corrected chi connectivity index (χ0v) is 19.1. The minimum Gasteiger partial charge on any atom is -0.378 e. The van der Waals surface area contributed by atoms with Gasteiger partial charge in [-0.05, 0) is 54.6 Å². The van der Waals surface area contributed by atoms with Crippen molar-refractivity contribution < 1.29 is 14.3 Å². The van der Waals surface area contributed by atoms with E-state index in [1.807, 2.05) is 67.3 Å². The van der Waals surface area contributed by atoms with Crippen molar-refractivity contribution in [2.75, 3.05) is 45.7 Å². The summed E-state index contributed by atoms with van der Waals surface area (Å²) in [5.74, 6) is 0.00668. The fourth-order valence-electron chi connectivity index (χ4n) is 4.20. The highest BCUT2D eigenvalue weighted by Crippen LogP contribution is 2.33. The van der Waals surface area contributed by atoms with E-state index in [4.69, 9.17) is 4.74 Å². The number of morpholine rings is 1. The lowest BCUT2D eigenvalue weighted by Crippen LogP contribution is -2.40. The molecule has 0 aromatic heterocycles. The first-order valence-corrected chi connectivity index (χ1v) is 10.9. The first kappa shape index (κ1) is 21.8. The number of hydrogen-bond acceptors (Lipinski definition) is 4. The van der Waals surface area contributed by atoms with E-state index < -0.39 is 0 Å². The lowest BCUT2D eigenvalue weighted by Gasteiger charge is -2.27. The summed E-state index contributed by atoms with van der Waals surface area (Å²) in [5.41, 5.74) is 5.09. The zero-order valence-electron chi connectivity index (χ0n) is 19.1. The van der Waals surface area contributed by atoms with E-state index in [1.165, 1.54) is 0 Å². The quantitative estimate of drug-likeness (QED) is 0.666. The van der Waals surface area contributed by atoms with Crippen molar-refractivity contribution in [2.24, 2.45) is 0 Å². The molecule has 6 nitrogen and oxygen atoms in total. The molecule has 3 aromatic rings. The molecule has 0 bridgehead atoms. The van der Waals surface area contributed by atoms with Gasteiger partial charge in [-0.3, -0.25) is 9.59 Å². The van der Waals surface area contributed by atoms with E-state index in [-0.39, 0.29) is 11.8 Å². The number of benzene rings is 3. The smallest absolute Gasteiger partial charge is 0.254 e. The van der Waals surface area contributed by atoms with E-state index in [2.05, 4.69) is 5.32 Å². The molecule has 0 atom stereocenters. The van der Waals surface area contributed by atoms with Crippen LogP contribution in [0.1, 0.15) is 31.8 Å². The summed E-state index contributed by atoms with van der Waals surface area (Å²) in [5, 5.41) is 5.44. The number of carbonyl (C=O) groups excluding carboxylic acids is 2. The van der Waals surface area contributed by atoms with Gasteiger partial charge in [-0.1, -0.05) is 24.3 Å². The molecular weight excluding hydrogens is 402 g/mol. The average Bonchev–Trinajstić information content (AvgIpc) is 2.80. The summed E-state index contributed by atoms with van der Waals surface area (Å²) in [7, 11) is 3.50. The Morgan fingerprint density at radius 3 is 2.34 bits per heavy atom. The Bertz CT molecular complexity index is 1180. The Hall–Kier alpha value is -3.38. The summed E-state index contributed by atoms with van der Waals surface area (Å²) in [4.78, 5) is 29.3. The molecule has 1 fully saturated rings. The van der Waals surface area contributed by atoms with Gasteiger partial charge < -0.3 is 19.9 Å². The average molecular weight is 432 g/mol.